The number of nitrogens with one attached hydrogen (secondary N) is 1. The van der Waals surface area contributed by atoms with Gasteiger partial charge in [-0.15, -0.1) is 0 Å². The molecule has 0 saturated heterocycles. The number of hydrogen-bond donors (Lipinski definition) is 1. The minimum atomic E-state index is -0.175. The maximum atomic E-state index is 12.9. The number of imidazole rings is 1. The summed E-state index contributed by atoms with van der Waals surface area (Å²) in [7, 11) is 0. The number of amides is 1. The van der Waals surface area contributed by atoms with E-state index in [9.17, 15) is 4.79 Å². The molecule has 0 spiro atoms. The molecular formula is C20H18N4O. The van der Waals surface area contributed by atoms with Gasteiger partial charge in [-0.3, -0.25) is 15.1 Å². The number of carbonyl (C=O) groups is 1. The number of hydrogen-bond acceptors (Lipinski definition) is 3. The number of pyridine rings is 1. The van der Waals surface area contributed by atoms with Crippen LogP contribution in [0.15, 0.2) is 60.8 Å². The van der Waals surface area contributed by atoms with Crippen LogP contribution in [0, 0.1) is 0 Å². The first kappa shape index (κ1) is 15.3. The van der Waals surface area contributed by atoms with E-state index in [0.29, 0.717) is 11.5 Å². The fraction of sp³-hybridized carbons (Fsp3) is 0.150. The van der Waals surface area contributed by atoms with Crippen LogP contribution in [0.1, 0.15) is 23.7 Å². The van der Waals surface area contributed by atoms with E-state index in [-0.39, 0.29) is 5.91 Å². The lowest BCUT2D eigenvalue weighted by Crippen LogP contribution is -2.16. The second kappa shape index (κ2) is 6.36. The Kier molecular flexibility index (Phi) is 3.90. The number of nitrogens with zero attached hydrogens (tertiary/aromatic N) is 3. The molecule has 5 nitrogen and oxygen atoms in total. The van der Waals surface area contributed by atoms with Crippen LogP contribution in [0.3, 0.4) is 0 Å². The monoisotopic (exact) mass is 330 g/mol. The zero-order valence-corrected chi connectivity index (χ0v) is 13.9. The fourth-order valence-corrected chi connectivity index (χ4v) is 3.09. The summed E-state index contributed by atoms with van der Waals surface area (Å²) in [5, 5.41) is 3.81. The topological polar surface area (TPSA) is 59.8 Å². The van der Waals surface area contributed by atoms with Crippen molar-refractivity contribution < 1.29 is 4.79 Å². The van der Waals surface area contributed by atoms with Crippen LogP contribution in [0.25, 0.3) is 21.9 Å². The van der Waals surface area contributed by atoms with Gasteiger partial charge in [-0.1, -0.05) is 31.2 Å². The number of carbonyl (C=O) groups excluding carboxylic acids is 1. The average Bonchev–Trinajstić information content (AvgIpc) is 2.99. The van der Waals surface area contributed by atoms with E-state index < -0.39 is 0 Å². The molecule has 0 saturated carbocycles. The highest BCUT2D eigenvalue weighted by Crippen LogP contribution is 2.22. The van der Waals surface area contributed by atoms with Crippen LogP contribution in [0.5, 0.6) is 0 Å². The highest BCUT2D eigenvalue weighted by molar-refractivity contribution is 6.12. The average molecular weight is 330 g/mol. The van der Waals surface area contributed by atoms with Crippen LogP contribution in [-0.2, 0) is 6.54 Å². The minimum Gasteiger partial charge on any atom is -0.310 e. The Morgan fingerprint density at radius 3 is 2.76 bits per heavy atom. The summed E-state index contributed by atoms with van der Waals surface area (Å²) in [6, 6.07) is 17.2. The second-order valence-electron chi connectivity index (χ2n) is 5.91. The third-order valence-electron chi connectivity index (χ3n) is 4.22. The molecule has 0 aliphatic rings. The molecule has 0 atom stereocenters. The minimum absolute atomic E-state index is 0.175. The molecule has 0 unspecified atom stereocenters. The highest BCUT2D eigenvalue weighted by atomic mass is 16.1. The van der Waals surface area contributed by atoms with E-state index in [2.05, 4.69) is 26.8 Å². The van der Waals surface area contributed by atoms with Crippen LogP contribution in [0.2, 0.25) is 0 Å². The quantitative estimate of drug-likeness (QED) is 0.608. The van der Waals surface area contributed by atoms with Gasteiger partial charge < -0.3 is 4.57 Å². The van der Waals surface area contributed by atoms with Crippen molar-refractivity contribution in [2.45, 2.75) is 19.9 Å². The number of anilines is 1. The van der Waals surface area contributed by atoms with Gasteiger partial charge in [0.1, 0.15) is 0 Å². The molecule has 25 heavy (non-hydrogen) atoms. The van der Waals surface area contributed by atoms with E-state index in [1.165, 1.54) is 0 Å². The maximum Gasteiger partial charge on any atom is 0.258 e. The third kappa shape index (κ3) is 2.74. The van der Waals surface area contributed by atoms with E-state index in [0.717, 1.165) is 34.9 Å². The predicted molar refractivity (Wildman–Crippen MR) is 99.7 cm³/mol. The van der Waals surface area contributed by atoms with Crippen molar-refractivity contribution in [2.24, 2.45) is 0 Å². The molecule has 0 radical (unpaired) electrons. The number of aromatic nitrogens is 3. The van der Waals surface area contributed by atoms with Gasteiger partial charge in [0.2, 0.25) is 5.95 Å². The molecule has 2 aromatic carbocycles. The Hall–Kier alpha value is -3.21. The zero-order chi connectivity index (χ0) is 17.2. The predicted octanol–water partition coefficient (Wildman–Crippen LogP) is 4.25. The summed E-state index contributed by atoms with van der Waals surface area (Å²) in [5.74, 6) is 0.403. The first-order valence-corrected chi connectivity index (χ1v) is 8.38. The van der Waals surface area contributed by atoms with Crippen LogP contribution in [0.4, 0.5) is 5.95 Å². The number of benzene rings is 2. The number of rotatable bonds is 4. The van der Waals surface area contributed by atoms with Crippen molar-refractivity contribution in [3.8, 4) is 0 Å². The Labute approximate surface area is 145 Å². The molecular weight excluding hydrogens is 312 g/mol. The molecule has 1 amide bonds. The van der Waals surface area contributed by atoms with Crippen molar-refractivity contribution in [1.82, 2.24) is 14.5 Å². The van der Waals surface area contributed by atoms with Gasteiger partial charge in [0.25, 0.3) is 5.91 Å². The zero-order valence-electron chi connectivity index (χ0n) is 13.9. The Morgan fingerprint density at radius 2 is 1.88 bits per heavy atom. The lowest BCUT2D eigenvalue weighted by molar-refractivity contribution is 0.102. The summed E-state index contributed by atoms with van der Waals surface area (Å²) in [6.07, 6.45) is 2.69. The summed E-state index contributed by atoms with van der Waals surface area (Å²) in [6.45, 7) is 2.91. The van der Waals surface area contributed by atoms with Gasteiger partial charge in [0, 0.05) is 23.7 Å². The van der Waals surface area contributed by atoms with Crippen LogP contribution >= 0.6 is 0 Å². The smallest absolute Gasteiger partial charge is 0.258 e. The van der Waals surface area contributed by atoms with E-state index in [1.807, 2.05) is 54.6 Å². The SMILES string of the molecule is CCCn1c(NC(=O)c2cccc3ncccc23)nc2ccccc21. The standard InChI is InChI=1S/C20H18N4O/c1-2-13-24-18-11-4-3-9-17(18)22-20(24)23-19(25)15-7-5-10-16-14(15)8-6-12-21-16/h3-12H,2,13H2,1H3,(H,22,23,25). The molecule has 4 rings (SSSR count). The number of aryl methyl sites for hydroxylation is 1. The fourth-order valence-electron chi connectivity index (χ4n) is 3.09. The van der Waals surface area contributed by atoms with Crippen LogP contribution in [-0.4, -0.2) is 20.4 Å². The molecule has 5 heteroatoms. The Morgan fingerprint density at radius 1 is 1.04 bits per heavy atom. The van der Waals surface area contributed by atoms with Crippen molar-refractivity contribution in [3.05, 3.63) is 66.4 Å². The summed E-state index contributed by atoms with van der Waals surface area (Å²) in [4.78, 5) is 21.8. The van der Waals surface area contributed by atoms with E-state index in [1.54, 1.807) is 6.20 Å². The summed E-state index contributed by atoms with van der Waals surface area (Å²) >= 11 is 0. The molecule has 2 aromatic heterocycles. The van der Waals surface area contributed by atoms with Gasteiger partial charge >= 0.3 is 0 Å². The van der Waals surface area contributed by atoms with Gasteiger partial charge in [-0.2, -0.15) is 0 Å². The molecule has 0 aliphatic carbocycles. The first-order chi connectivity index (χ1) is 12.3. The van der Waals surface area contributed by atoms with Gasteiger partial charge in [-0.25, -0.2) is 4.98 Å². The normalized spacial score (nSPS) is 11.1. The van der Waals surface area contributed by atoms with E-state index >= 15 is 0 Å². The highest BCUT2D eigenvalue weighted by Gasteiger charge is 2.15. The lowest BCUT2D eigenvalue weighted by Gasteiger charge is -2.10. The molecule has 0 bridgehead atoms. The Balaban J connectivity index is 1.75. The van der Waals surface area contributed by atoms with Crippen LogP contribution < -0.4 is 5.32 Å². The van der Waals surface area contributed by atoms with Gasteiger partial charge in [-0.05, 0) is 36.8 Å². The summed E-state index contributed by atoms with van der Waals surface area (Å²) < 4.78 is 2.05. The molecule has 1 N–H and O–H groups in total. The maximum absolute atomic E-state index is 12.9. The number of fused-ring (bicyclic) bond motifs is 2. The van der Waals surface area contributed by atoms with Gasteiger partial charge in [0.05, 0.1) is 16.6 Å². The molecule has 4 aromatic rings. The summed E-state index contributed by atoms with van der Waals surface area (Å²) in [5.41, 5.74) is 3.31. The molecule has 124 valence electrons. The van der Waals surface area contributed by atoms with E-state index in [4.69, 9.17) is 0 Å². The largest absolute Gasteiger partial charge is 0.310 e. The lowest BCUT2D eigenvalue weighted by atomic mass is 10.1. The molecule has 0 aliphatic heterocycles. The molecule has 0 fully saturated rings. The first-order valence-electron chi connectivity index (χ1n) is 8.38. The molecule has 2 heterocycles. The van der Waals surface area contributed by atoms with Crippen molar-refractivity contribution >= 4 is 33.8 Å². The Bertz CT molecular complexity index is 1060. The van der Waals surface area contributed by atoms with Crippen molar-refractivity contribution in [3.63, 3.8) is 0 Å². The second-order valence-corrected chi connectivity index (χ2v) is 5.91. The number of para-hydroxylation sites is 2. The van der Waals surface area contributed by atoms with Crippen molar-refractivity contribution in [1.29, 1.82) is 0 Å². The van der Waals surface area contributed by atoms with Gasteiger partial charge in [0.15, 0.2) is 0 Å². The third-order valence-corrected chi connectivity index (χ3v) is 4.22. The van der Waals surface area contributed by atoms with Crippen molar-refractivity contribution in [2.75, 3.05) is 5.32 Å².